The van der Waals surface area contributed by atoms with Crippen LogP contribution < -0.4 is 10.2 Å². The molecule has 1 aromatic heterocycles. The molecule has 27 heavy (non-hydrogen) atoms. The Morgan fingerprint density at radius 1 is 1.26 bits per heavy atom. The molecule has 0 aliphatic carbocycles. The van der Waals surface area contributed by atoms with Crippen LogP contribution in [0.25, 0.3) is 0 Å². The van der Waals surface area contributed by atoms with Gasteiger partial charge in [-0.25, -0.2) is 4.98 Å². The van der Waals surface area contributed by atoms with E-state index in [1.54, 1.807) is 0 Å². The molecule has 0 amide bonds. The first kappa shape index (κ1) is 22.2. The lowest BCUT2D eigenvalue weighted by Gasteiger charge is -2.37. The van der Waals surface area contributed by atoms with Gasteiger partial charge in [0.1, 0.15) is 5.82 Å². The molecule has 3 rings (SSSR count). The molecule has 1 N–H and O–H groups in total. The molecule has 2 fully saturated rings. The number of guanidine groups is 1. The minimum absolute atomic E-state index is 0. The summed E-state index contributed by atoms with van der Waals surface area (Å²) in [5, 5.41) is 3.47. The van der Waals surface area contributed by atoms with Crippen LogP contribution in [-0.4, -0.2) is 81.5 Å². The topological polar surface area (TPSA) is 62.2 Å². The van der Waals surface area contributed by atoms with Crippen LogP contribution in [0.3, 0.4) is 0 Å². The van der Waals surface area contributed by atoms with Crippen LogP contribution in [0, 0.1) is 0 Å². The van der Waals surface area contributed by atoms with Crippen LogP contribution in [0.15, 0.2) is 29.4 Å². The third-order valence-electron chi connectivity index (χ3n) is 4.89. The van der Waals surface area contributed by atoms with Crippen molar-refractivity contribution in [1.82, 2.24) is 15.2 Å². The number of pyridine rings is 1. The first-order valence-corrected chi connectivity index (χ1v) is 9.68. The lowest BCUT2D eigenvalue weighted by atomic mass is 10.1. The molecule has 0 radical (unpaired) electrons. The molecule has 7 nitrogen and oxygen atoms in total. The van der Waals surface area contributed by atoms with Gasteiger partial charge in [0, 0.05) is 65.8 Å². The molecule has 0 aromatic carbocycles. The summed E-state index contributed by atoms with van der Waals surface area (Å²) in [5.74, 6) is 2.04. The van der Waals surface area contributed by atoms with Gasteiger partial charge in [-0.1, -0.05) is 6.07 Å². The molecule has 0 bridgehead atoms. The van der Waals surface area contributed by atoms with Crippen LogP contribution in [0.1, 0.15) is 19.3 Å². The predicted octanol–water partition coefficient (Wildman–Crippen LogP) is 1.98. The summed E-state index contributed by atoms with van der Waals surface area (Å²) in [7, 11) is 1.85. The van der Waals surface area contributed by atoms with Crippen molar-refractivity contribution in [1.29, 1.82) is 0 Å². The Morgan fingerprint density at radius 2 is 2.04 bits per heavy atom. The van der Waals surface area contributed by atoms with E-state index in [0.717, 1.165) is 83.6 Å². The Morgan fingerprint density at radius 3 is 2.70 bits per heavy atom. The largest absolute Gasteiger partial charge is 0.381 e. The molecule has 2 aliphatic heterocycles. The Hall–Kier alpha value is -1.13. The number of ether oxygens (including phenoxy) is 2. The maximum absolute atomic E-state index is 5.92. The van der Waals surface area contributed by atoms with Gasteiger partial charge in [0.2, 0.25) is 0 Å². The molecule has 0 atom stereocenters. The Kier molecular flexibility index (Phi) is 10.1. The number of nitrogens with one attached hydrogen (secondary N) is 1. The molecular weight excluding hydrogens is 457 g/mol. The summed E-state index contributed by atoms with van der Waals surface area (Å²) >= 11 is 0. The number of anilines is 1. The number of aliphatic imine (C=N–C) groups is 1. The molecule has 0 spiro atoms. The average Bonchev–Trinajstić information content (AvgIpc) is 2.72. The zero-order valence-electron chi connectivity index (χ0n) is 16.2. The SMILES string of the molecule is CN=C(NCCCOC1CCOCC1)N1CCN(c2ccccn2)CC1.I. The normalized spacial score (nSPS) is 18.9. The van der Waals surface area contributed by atoms with Crippen LogP contribution in [0.5, 0.6) is 0 Å². The Labute approximate surface area is 179 Å². The maximum atomic E-state index is 5.92. The van der Waals surface area contributed by atoms with Gasteiger partial charge >= 0.3 is 0 Å². The van der Waals surface area contributed by atoms with E-state index in [4.69, 9.17) is 9.47 Å². The molecule has 2 aliphatic rings. The second-order valence-electron chi connectivity index (χ2n) is 6.67. The number of piperazine rings is 1. The molecular formula is C19H32IN5O2. The molecule has 3 heterocycles. The third kappa shape index (κ3) is 7.08. The van der Waals surface area contributed by atoms with Crippen molar-refractivity contribution in [3.63, 3.8) is 0 Å². The maximum Gasteiger partial charge on any atom is 0.193 e. The van der Waals surface area contributed by atoms with Crippen molar-refractivity contribution in [3.05, 3.63) is 24.4 Å². The van der Waals surface area contributed by atoms with Gasteiger partial charge in [-0.15, -0.1) is 24.0 Å². The van der Waals surface area contributed by atoms with E-state index in [-0.39, 0.29) is 24.0 Å². The van der Waals surface area contributed by atoms with Crippen molar-refractivity contribution in [2.24, 2.45) is 4.99 Å². The monoisotopic (exact) mass is 489 g/mol. The van der Waals surface area contributed by atoms with E-state index in [1.165, 1.54) is 0 Å². The Balaban J connectivity index is 0.00000261. The summed E-state index contributed by atoms with van der Waals surface area (Å²) < 4.78 is 11.3. The lowest BCUT2D eigenvalue weighted by molar-refractivity contribution is -0.0320. The minimum Gasteiger partial charge on any atom is -0.381 e. The smallest absolute Gasteiger partial charge is 0.193 e. The quantitative estimate of drug-likeness (QED) is 0.286. The fourth-order valence-corrected chi connectivity index (χ4v) is 3.39. The van der Waals surface area contributed by atoms with Gasteiger partial charge in [0.25, 0.3) is 0 Å². The van der Waals surface area contributed by atoms with E-state index < -0.39 is 0 Å². The molecule has 0 unspecified atom stereocenters. The predicted molar refractivity (Wildman–Crippen MR) is 119 cm³/mol. The molecule has 152 valence electrons. The number of hydrogen-bond acceptors (Lipinski definition) is 5. The average molecular weight is 489 g/mol. The first-order chi connectivity index (χ1) is 12.9. The first-order valence-electron chi connectivity index (χ1n) is 9.68. The van der Waals surface area contributed by atoms with Gasteiger partial charge in [0.05, 0.1) is 6.10 Å². The standard InChI is InChI=1S/C19H31N5O2.HI/c1-20-19(22-9-4-14-26-17-6-15-25-16-7-17)24-12-10-23(11-13-24)18-5-2-3-8-21-18;/h2-3,5,8,17H,4,6-7,9-16H2,1H3,(H,20,22);1H. The summed E-state index contributed by atoms with van der Waals surface area (Å²) in [6.45, 7) is 7.18. The molecule has 0 saturated carbocycles. The number of hydrogen-bond donors (Lipinski definition) is 1. The van der Waals surface area contributed by atoms with E-state index in [9.17, 15) is 0 Å². The zero-order chi connectivity index (χ0) is 18.0. The third-order valence-corrected chi connectivity index (χ3v) is 4.89. The van der Waals surface area contributed by atoms with Crippen molar-refractivity contribution in [2.75, 3.05) is 64.5 Å². The number of halogens is 1. The lowest BCUT2D eigenvalue weighted by Crippen LogP contribution is -2.52. The van der Waals surface area contributed by atoms with Crippen molar-refractivity contribution >= 4 is 35.8 Å². The van der Waals surface area contributed by atoms with Crippen LogP contribution in [0.4, 0.5) is 5.82 Å². The van der Waals surface area contributed by atoms with Gasteiger partial charge in [-0.2, -0.15) is 0 Å². The van der Waals surface area contributed by atoms with E-state index in [0.29, 0.717) is 6.10 Å². The summed E-state index contributed by atoms with van der Waals surface area (Å²) in [6, 6.07) is 6.07. The number of aromatic nitrogens is 1. The highest BCUT2D eigenvalue weighted by Crippen LogP contribution is 2.13. The summed E-state index contributed by atoms with van der Waals surface area (Å²) in [5.41, 5.74) is 0. The number of rotatable bonds is 6. The van der Waals surface area contributed by atoms with Crippen LogP contribution in [0.2, 0.25) is 0 Å². The van der Waals surface area contributed by atoms with E-state index in [2.05, 4.69) is 31.2 Å². The van der Waals surface area contributed by atoms with E-state index in [1.807, 2.05) is 25.4 Å². The Bertz CT molecular complexity index is 546. The highest BCUT2D eigenvalue weighted by molar-refractivity contribution is 14.0. The number of nitrogens with zero attached hydrogens (tertiary/aromatic N) is 4. The molecule has 2 saturated heterocycles. The van der Waals surface area contributed by atoms with Crippen molar-refractivity contribution in [2.45, 2.75) is 25.4 Å². The van der Waals surface area contributed by atoms with Crippen molar-refractivity contribution < 1.29 is 9.47 Å². The second-order valence-corrected chi connectivity index (χ2v) is 6.67. The van der Waals surface area contributed by atoms with Gasteiger partial charge in [-0.05, 0) is 31.4 Å². The fraction of sp³-hybridized carbons (Fsp3) is 0.684. The zero-order valence-corrected chi connectivity index (χ0v) is 18.5. The highest BCUT2D eigenvalue weighted by Gasteiger charge is 2.20. The van der Waals surface area contributed by atoms with Crippen LogP contribution in [-0.2, 0) is 9.47 Å². The minimum atomic E-state index is 0. The van der Waals surface area contributed by atoms with Gasteiger partial charge in [-0.3, -0.25) is 4.99 Å². The summed E-state index contributed by atoms with van der Waals surface area (Å²) in [6.07, 6.45) is 5.27. The second kappa shape index (κ2) is 12.4. The van der Waals surface area contributed by atoms with Crippen molar-refractivity contribution in [3.8, 4) is 0 Å². The van der Waals surface area contributed by atoms with Crippen LogP contribution >= 0.6 is 24.0 Å². The highest BCUT2D eigenvalue weighted by atomic mass is 127. The molecule has 8 heteroatoms. The molecule has 1 aromatic rings. The van der Waals surface area contributed by atoms with E-state index >= 15 is 0 Å². The van der Waals surface area contributed by atoms with Gasteiger partial charge < -0.3 is 24.6 Å². The fourth-order valence-electron chi connectivity index (χ4n) is 3.39. The van der Waals surface area contributed by atoms with Gasteiger partial charge in [0.15, 0.2) is 5.96 Å². The summed E-state index contributed by atoms with van der Waals surface area (Å²) in [4.78, 5) is 13.5.